The largest absolute Gasteiger partial charge is 0.462 e. The van der Waals surface area contributed by atoms with Gasteiger partial charge in [-0.25, -0.2) is 4.79 Å². The molecule has 7 heteroatoms. The van der Waals surface area contributed by atoms with Crippen LogP contribution in [0.1, 0.15) is 41.1 Å². The second kappa shape index (κ2) is 12.9. The fourth-order valence-corrected chi connectivity index (χ4v) is 3.49. The number of esters is 1. The van der Waals surface area contributed by atoms with Gasteiger partial charge in [0.25, 0.3) is 5.91 Å². The van der Waals surface area contributed by atoms with Gasteiger partial charge in [0.15, 0.2) is 12.3 Å². The summed E-state index contributed by atoms with van der Waals surface area (Å²) in [5.41, 5.74) is 2.19. The lowest BCUT2D eigenvalue weighted by molar-refractivity contribution is -0.874. The van der Waals surface area contributed by atoms with Gasteiger partial charge in [-0.1, -0.05) is 37.3 Å². The zero-order chi connectivity index (χ0) is 22.6. The van der Waals surface area contributed by atoms with E-state index in [0.717, 1.165) is 17.5 Å². The van der Waals surface area contributed by atoms with Crippen LogP contribution in [0, 0.1) is 6.92 Å². The maximum atomic E-state index is 11.8. The first-order valence-corrected chi connectivity index (χ1v) is 10.8. The Morgan fingerprint density at radius 3 is 2.30 bits per heavy atom. The molecule has 1 aromatic carbocycles. The number of rotatable bonds is 9. The Kier molecular flexibility index (Phi) is 11.0. The van der Waals surface area contributed by atoms with E-state index in [0.29, 0.717) is 35.6 Å². The summed E-state index contributed by atoms with van der Waals surface area (Å²) in [4.78, 5) is 34.7. The number of nitrogens with one attached hydrogen (secondary N) is 1. The van der Waals surface area contributed by atoms with Crippen LogP contribution in [-0.4, -0.2) is 55.9 Å². The molecule has 0 aliphatic carbocycles. The Bertz CT molecular complexity index is 816. The number of nitrogens with zero attached hydrogens (tertiary/aromatic N) is 1. The van der Waals surface area contributed by atoms with Crippen molar-refractivity contribution in [2.24, 2.45) is 0 Å². The molecule has 0 bridgehead atoms. The molecule has 0 spiro atoms. The minimum atomic E-state index is -0.199. The fraction of sp³-hybridized carbons (Fsp3) is 0.435. The van der Waals surface area contributed by atoms with Crippen LogP contribution < -0.4 is 5.32 Å². The molecule has 1 N–H and O–H groups in total. The van der Waals surface area contributed by atoms with Gasteiger partial charge < -0.3 is 14.5 Å². The van der Waals surface area contributed by atoms with Crippen molar-refractivity contribution in [3.8, 4) is 0 Å². The van der Waals surface area contributed by atoms with E-state index in [4.69, 9.17) is 4.74 Å². The predicted molar refractivity (Wildman–Crippen MR) is 120 cm³/mol. The van der Waals surface area contributed by atoms with Crippen LogP contribution in [0.5, 0.6) is 0 Å². The first-order chi connectivity index (χ1) is 14.1. The van der Waals surface area contributed by atoms with E-state index in [1.807, 2.05) is 69.7 Å². The Morgan fingerprint density at radius 2 is 1.77 bits per heavy atom. The van der Waals surface area contributed by atoms with E-state index >= 15 is 0 Å². The maximum absolute atomic E-state index is 11.8. The van der Waals surface area contributed by atoms with Gasteiger partial charge in [-0.3, -0.25) is 9.59 Å². The van der Waals surface area contributed by atoms with Crippen molar-refractivity contribution < 1.29 is 23.6 Å². The number of hydrogen-bond acceptors (Lipinski definition) is 5. The highest BCUT2D eigenvalue weighted by Crippen LogP contribution is 2.14. The molecule has 0 aliphatic rings. The van der Waals surface area contributed by atoms with Crippen LogP contribution in [0.3, 0.4) is 0 Å². The molecule has 1 heterocycles. The smallest absolute Gasteiger partial charge is 0.348 e. The maximum Gasteiger partial charge on any atom is 0.348 e. The van der Waals surface area contributed by atoms with Crippen LogP contribution in [0.4, 0.5) is 0 Å². The van der Waals surface area contributed by atoms with E-state index in [1.54, 1.807) is 6.92 Å². The number of carbonyl (C=O) groups excluding carboxylic acids is 3. The summed E-state index contributed by atoms with van der Waals surface area (Å²) < 4.78 is 5.35. The van der Waals surface area contributed by atoms with Crippen LogP contribution in [0.25, 0.3) is 0 Å². The van der Waals surface area contributed by atoms with Crippen molar-refractivity contribution >= 4 is 29.0 Å². The van der Waals surface area contributed by atoms with Gasteiger partial charge >= 0.3 is 5.97 Å². The fourth-order valence-electron chi connectivity index (χ4n) is 2.70. The monoisotopic (exact) mass is 433 g/mol. The number of likely N-dealkylation sites (N-methyl/N-ethyl adjacent to an activating group) is 1. The van der Waals surface area contributed by atoms with Crippen LogP contribution in [0.15, 0.2) is 41.8 Å². The third-order valence-electron chi connectivity index (χ3n) is 3.92. The molecule has 0 unspecified atom stereocenters. The first-order valence-electron chi connectivity index (χ1n) is 9.97. The number of amides is 1. The molecule has 1 amide bonds. The lowest BCUT2D eigenvalue weighted by atomic mass is 10.2. The van der Waals surface area contributed by atoms with E-state index in [-0.39, 0.29) is 17.7 Å². The molecule has 30 heavy (non-hydrogen) atoms. The minimum absolute atomic E-state index is 0.0369. The SMILES string of the molecule is CC(=O)C[N+](C)(C)CC(=O)NCc1ccccc1.CCCOC(=O)c1cc(C)cs1. The van der Waals surface area contributed by atoms with Crippen molar-refractivity contribution in [2.45, 2.75) is 33.7 Å². The summed E-state index contributed by atoms with van der Waals surface area (Å²) in [5, 5.41) is 4.81. The average molecular weight is 434 g/mol. The lowest BCUT2D eigenvalue weighted by Gasteiger charge is -2.27. The van der Waals surface area contributed by atoms with Crippen molar-refractivity contribution in [3.05, 3.63) is 57.8 Å². The molecule has 164 valence electrons. The van der Waals surface area contributed by atoms with Crippen molar-refractivity contribution in [3.63, 3.8) is 0 Å². The summed E-state index contributed by atoms with van der Waals surface area (Å²) in [6, 6.07) is 11.6. The summed E-state index contributed by atoms with van der Waals surface area (Å²) in [6.45, 7) is 7.21. The molecule has 1 aromatic heterocycles. The standard InChI is InChI=1S/C14H20N2O2.C9H12O2S/c1-12(17)10-16(2,3)11-14(18)15-9-13-7-5-4-6-8-13;1-3-4-11-9(10)8-5-7(2)6-12-8/h4-8H,9-11H2,1-3H3;5-6H,3-4H2,1-2H3/p+1. The number of hydrogen-bond donors (Lipinski definition) is 1. The van der Waals surface area contributed by atoms with Gasteiger partial charge in [0, 0.05) is 13.5 Å². The second-order valence-electron chi connectivity index (χ2n) is 7.84. The topological polar surface area (TPSA) is 72.5 Å². The van der Waals surface area contributed by atoms with E-state index < -0.39 is 0 Å². The third kappa shape index (κ3) is 10.9. The van der Waals surface area contributed by atoms with E-state index in [1.165, 1.54) is 11.3 Å². The molecule has 0 fully saturated rings. The molecule has 0 atom stereocenters. The molecular weight excluding hydrogens is 400 g/mol. The van der Waals surface area contributed by atoms with E-state index in [9.17, 15) is 14.4 Å². The molecule has 2 aromatic rings. The Labute approximate surface area is 183 Å². The Morgan fingerprint density at radius 1 is 1.10 bits per heavy atom. The summed E-state index contributed by atoms with van der Waals surface area (Å²) in [6.07, 6.45) is 0.871. The highest BCUT2D eigenvalue weighted by Gasteiger charge is 2.21. The van der Waals surface area contributed by atoms with Crippen molar-refractivity contribution in [2.75, 3.05) is 33.8 Å². The van der Waals surface area contributed by atoms with Gasteiger partial charge in [-0.15, -0.1) is 11.3 Å². The minimum Gasteiger partial charge on any atom is -0.462 e. The Hall–Kier alpha value is -2.51. The van der Waals surface area contributed by atoms with Crippen molar-refractivity contribution in [1.29, 1.82) is 0 Å². The quantitative estimate of drug-likeness (QED) is 0.485. The zero-order valence-electron chi connectivity index (χ0n) is 18.6. The predicted octanol–water partition coefficient (Wildman–Crippen LogP) is 3.59. The summed E-state index contributed by atoms with van der Waals surface area (Å²) in [7, 11) is 3.76. The van der Waals surface area contributed by atoms with Crippen LogP contribution in [0.2, 0.25) is 0 Å². The molecule has 0 aliphatic heterocycles. The normalized spacial score (nSPS) is 10.6. The molecule has 0 radical (unpaired) electrons. The number of thiophene rings is 1. The number of aryl methyl sites for hydroxylation is 1. The van der Waals surface area contributed by atoms with Gasteiger partial charge in [-0.2, -0.15) is 0 Å². The molecular formula is C23H33N2O4S+. The van der Waals surface area contributed by atoms with Crippen LogP contribution >= 0.6 is 11.3 Å². The highest BCUT2D eigenvalue weighted by atomic mass is 32.1. The van der Waals surface area contributed by atoms with Crippen molar-refractivity contribution in [1.82, 2.24) is 5.32 Å². The average Bonchev–Trinajstić information content (AvgIpc) is 3.11. The third-order valence-corrected chi connectivity index (χ3v) is 4.95. The van der Waals surface area contributed by atoms with E-state index in [2.05, 4.69) is 5.32 Å². The zero-order valence-corrected chi connectivity index (χ0v) is 19.4. The highest BCUT2D eigenvalue weighted by molar-refractivity contribution is 7.12. The number of benzene rings is 1. The number of Topliss-reactive ketones (excluding diaryl/α,β-unsaturated/α-hetero) is 1. The van der Waals surface area contributed by atoms with Gasteiger partial charge in [0.05, 0.1) is 20.7 Å². The first kappa shape index (κ1) is 25.5. The lowest BCUT2D eigenvalue weighted by Crippen LogP contribution is -2.49. The molecule has 2 rings (SSSR count). The molecule has 0 saturated heterocycles. The molecule has 6 nitrogen and oxygen atoms in total. The summed E-state index contributed by atoms with van der Waals surface area (Å²) in [5.74, 6) is -0.143. The summed E-state index contributed by atoms with van der Waals surface area (Å²) >= 11 is 1.43. The number of ether oxygens (including phenoxy) is 1. The van der Waals surface area contributed by atoms with Crippen LogP contribution in [-0.2, 0) is 20.9 Å². The Balaban J connectivity index is 0.000000325. The van der Waals surface area contributed by atoms with Gasteiger partial charge in [0.2, 0.25) is 0 Å². The van der Waals surface area contributed by atoms with Gasteiger partial charge in [0.1, 0.15) is 11.4 Å². The van der Waals surface area contributed by atoms with Gasteiger partial charge in [-0.05, 0) is 35.9 Å². The number of carbonyl (C=O) groups is 3. The number of quaternary nitrogens is 1. The second-order valence-corrected chi connectivity index (χ2v) is 8.75. The number of ketones is 1. The molecule has 0 saturated carbocycles.